The first-order valence-corrected chi connectivity index (χ1v) is 9.45. The van der Waals surface area contributed by atoms with E-state index < -0.39 is 17.8 Å². The number of anilines is 2. The van der Waals surface area contributed by atoms with E-state index in [1.807, 2.05) is 13.0 Å². The molecule has 6 nitrogen and oxygen atoms in total. The number of hydrogen-bond acceptors (Lipinski definition) is 3. The summed E-state index contributed by atoms with van der Waals surface area (Å²) in [6.45, 7) is 1.89. The summed E-state index contributed by atoms with van der Waals surface area (Å²) in [5.41, 5.74) is 0.0563. The quantitative estimate of drug-likeness (QED) is 0.478. The summed E-state index contributed by atoms with van der Waals surface area (Å²) in [5, 5.41) is 9.46. The van der Waals surface area contributed by atoms with Crippen LogP contribution < -0.4 is 15.3 Å². The lowest BCUT2D eigenvalue weighted by Crippen LogP contribution is -2.40. The van der Waals surface area contributed by atoms with Gasteiger partial charge in [0.2, 0.25) is 5.27 Å². The lowest BCUT2D eigenvalue weighted by molar-refractivity contribution is -0.782. The van der Waals surface area contributed by atoms with E-state index in [1.54, 1.807) is 12.1 Å². The third kappa shape index (κ3) is 5.64. The predicted molar refractivity (Wildman–Crippen MR) is 106 cm³/mol. The number of nitrogens with zero attached hydrogens (tertiary/aromatic N) is 2. The highest BCUT2D eigenvalue weighted by atomic mass is 35.5. The fourth-order valence-corrected chi connectivity index (χ4v) is 2.99. The van der Waals surface area contributed by atoms with Crippen molar-refractivity contribution in [1.82, 2.24) is 5.27 Å². The van der Waals surface area contributed by atoms with Crippen LogP contribution in [0.3, 0.4) is 0 Å². The van der Waals surface area contributed by atoms with Crippen molar-refractivity contribution in [2.45, 2.75) is 25.6 Å². The number of rotatable bonds is 5. The number of urea groups is 1. The Morgan fingerprint density at radius 3 is 2.63 bits per heavy atom. The Hall–Kier alpha value is -2.78. The van der Waals surface area contributed by atoms with Crippen LogP contribution in [-0.2, 0) is 12.6 Å². The number of carbonyl (C=O) groups excluding carboxylic acids is 1. The van der Waals surface area contributed by atoms with E-state index in [4.69, 9.17) is 27.7 Å². The van der Waals surface area contributed by atoms with Crippen molar-refractivity contribution in [3.05, 3.63) is 69.8 Å². The average Bonchev–Trinajstić information content (AvgIpc) is 3.12. The van der Waals surface area contributed by atoms with E-state index >= 15 is 0 Å². The Labute approximate surface area is 179 Å². The highest BCUT2D eigenvalue weighted by molar-refractivity contribution is 6.42. The molecule has 0 bridgehead atoms. The van der Waals surface area contributed by atoms with Gasteiger partial charge in [0.15, 0.2) is 6.04 Å². The van der Waals surface area contributed by atoms with Gasteiger partial charge in [0.1, 0.15) is 0 Å². The molecule has 1 heterocycles. The Kier molecular flexibility index (Phi) is 6.52. The standard InChI is InChI=1S/C19H15Cl2F3N4O2/c1-11(7-12-5-6-15(20)16(21)8-12)28-10-17(30-27-28)26-18(29)25-14-4-2-3-13(9-14)19(22,23)24/h2-6,8-11H,7H2,1H3,(H-,25,26,27,29)/p+1. The van der Waals surface area contributed by atoms with E-state index in [0.29, 0.717) is 16.5 Å². The molecular formula is C19H16Cl2F3N4O2+. The molecule has 0 fully saturated rings. The van der Waals surface area contributed by atoms with Gasteiger partial charge in [-0.05, 0) is 40.6 Å². The predicted octanol–water partition coefficient (Wildman–Crippen LogP) is 5.74. The molecule has 3 aromatic rings. The maximum atomic E-state index is 12.8. The Morgan fingerprint density at radius 1 is 1.17 bits per heavy atom. The van der Waals surface area contributed by atoms with Gasteiger partial charge in [-0.15, -0.1) is 0 Å². The lowest BCUT2D eigenvalue weighted by Gasteiger charge is -2.09. The van der Waals surface area contributed by atoms with Gasteiger partial charge in [-0.2, -0.15) is 13.2 Å². The van der Waals surface area contributed by atoms with Crippen LogP contribution >= 0.6 is 23.2 Å². The molecule has 1 atom stereocenters. The van der Waals surface area contributed by atoms with Crippen molar-refractivity contribution >= 4 is 40.8 Å². The number of hydrogen-bond donors (Lipinski definition) is 2. The summed E-state index contributed by atoms with van der Waals surface area (Å²) >= 11 is 11.9. The monoisotopic (exact) mass is 459 g/mol. The summed E-state index contributed by atoms with van der Waals surface area (Å²) in [6, 6.07) is 8.68. The first-order valence-electron chi connectivity index (χ1n) is 8.69. The van der Waals surface area contributed by atoms with E-state index in [0.717, 1.165) is 17.7 Å². The molecule has 0 saturated heterocycles. The minimum atomic E-state index is -4.50. The zero-order valence-corrected chi connectivity index (χ0v) is 17.0. The number of halogens is 5. The fraction of sp³-hybridized carbons (Fsp3) is 0.211. The summed E-state index contributed by atoms with van der Waals surface area (Å²) in [6.07, 6.45) is -2.47. The largest absolute Gasteiger partial charge is 0.416 e. The molecule has 2 aromatic carbocycles. The molecule has 11 heteroatoms. The van der Waals surface area contributed by atoms with Crippen molar-refractivity contribution in [3.8, 4) is 0 Å². The molecule has 0 aliphatic carbocycles. The smallest absolute Gasteiger partial charge is 0.308 e. The third-order valence-electron chi connectivity index (χ3n) is 4.13. The van der Waals surface area contributed by atoms with Gasteiger partial charge in [-0.1, -0.05) is 35.3 Å². The summed E-state index contributed by atoms with van der Waals surface area (Å²) in [4.78, 5) is 12.1. The van der Waals surface area contributed by atoms with Crippen molar-refractivity contribution in [1.29, 1.82) is 0 Å². The van der Waals surface area contributed by atoms with Gasteiger partial charge >= 0.3 is 18.1 Å². The van der Waals surface area contributed by atoms with E-state index in [9.17, 15) is 18.0 Å². The molecule has 1 unspecified atom stereocenters. The minimum absolute atomic E-state index is 0.0114. The topological polar surface area (TPSA) is 71.0 Å². The number of amides is 2. The van der Waals surface area contributed by atoms with Gasteiger partial charge in [-0.25, -0.2) is 4.79 Å². The Balaban J connectivity index is 1.60. The summed E-state index contributed by atoms with van der Waals surface area (Å²) < 4.78 is 44.8. The maximum Gasteiger partial charge on any atom is 0.416 e. The molecule has 0 aliphatic rings. The molecule has 0 spiro atoms. The molecule has 0 aliphatic heterocycles. The van der Waals surface area contributed by atoms with Crippen LogP contribution in [0.4, 0.5) is 29.5 Å². The van der Waals surface area contributed by atoms with Gasteiger partial charge in [0.05, 0.1) is 15.6 Å². The molecule has 0 radical (unpaired) electrons. The Bertz CT molecular complexity index is 1060. The van der Waals surface area contributed by atoms with Gasteiger partial charge < -0.3 is 5.32 Å². The molecule has 158 valence electrons. The van der Waals surface area contributed by atoms with Crippen LogP contribution in [0.15, 0.2) is 53.2 Å². The first kappa shape index (κ1) is 21.9. The average molecular weight is 460 g/mol. The van der Waals surface area contributed by atoms with Crippen molar-refractivity contribution in [2.24, 2.45) is 0 Å². The van der Waals surface area contributed by atoms with E-state index in [2.05, 4.69) is 15.9 Å². The van der Waals surface area contributed by atoms with Gasteiger partial charge in [-0.3, -0.25) is 9.84 Å². The third-order valence-corrected chi connectivity index (χ3v) is 4.87. The summed E-state index contributed by atoms with van der Waals surface area (Å²) in [5.74, 6) is 0.0282. The Morgan fingerprint density at radius 2 is 1.93 bits per heavy atom. The molecule has 3 rings (SSSR count). The maximum absolute atomic E-state index is 12.8. The second-order valence-electron chi connectivity index (χ2n) is 6.51. The van der Waals surface area contributed by atoms with Crippen LogP contribution in [0.25, 0.3) is 0 Å². The lowest BCUT2D eigenvalue weighted by atomic mass is 10.1. The molecular weight excluding hydrogens is 444 g/mol. The van der Waals surface area contributed by atoms with Crippen LogP contribution in [0.1, 0.15) is 24.1 Å². The van der Waals surface area contributed by atoms with Crippen LogP contribution in [0.5, 0.6) is 0 Å². The SMILES string of the molecule is CC(Cc1ccc(Cl)c(Cl)c1)[n+]1cc(NC(=O)Nc2cccc(C(F)(F)F)c2)on1. The molecule has 1 aromatic heterocycles. The second kappa shape index (κ2) is 8.93. The van der Waals surface area contributed by atoms with Crippen LogP contribution in [0, 0.1) is 0 Å². The highest BCUT2D eigenvalue weighted by Crippen LogP contribution is 2.30. The molecule has 2 N–H and O–H groups in total. The van der Waals surface area contributed by atoms with Gasteiger partial charge in [0.25, 0.3) is 6.20 Å². The number of carbonyl (C=O) groups is 1. The molecule has 30 heavy (non-hydrogen) atoms. The van der Waals surface area contributed by atoms with E-state index in [-0.39, 0.29) is 17.6 Å². The van der Waals surface area contributed by atoms with Crippen molar-refractivity contribution < 1.29 is 27.2 Å². The fourth-order valence-electron chi connectivity index (χ4n) is 2.67. The van der Waals surface area contributed by atoms with Crippen molar-refractivity contribution in [2.75, 3.05) is 10.6 Å². The number of benzene rings is 2. The second-order valence-corrected chi connectivity index (χ2v) is 7.32. The highest BCUT2D eigenvalue weighted by Gasteiger charge is 2.30. The molecule has 0 saturated carbocycles. The van der Waals surface area contributed by atoms with Crippen LogP contribution in [-0.4, -0.2) is 11.3 Å². The summed E-state index contributed by atoms with van der Waals surface area (Å²) in [7, 11) is 0. The zero-order chi connectivity index (χ0) is 21.9. The van der Waals surface area contributed by atoms with E-state index in [1.165, 1.54) is 23.0 Å². The number of alkyl halides is 3. The van der Waals surface area contributed by atoms with Gasteiger partial charge in [0, 0.05) is 19.0 Å². The molecule has 2 amide bonds. The zero-order valence-electron chi connectivity index (χ0n) is 15.5. The van der Waals surface area contributed by atoms with Crippen LogP contribution in [0.2, 0.25) is 10.0 Å². The number of aromatic nitrogens is 2. The first-order chi connectivity index (χ1) is 14.1. The normalized spacial score (nSPS) is 12.5. The number of nitrogens with one attached hydrogen (secondary N) is 2. The van der Waals surface area contributed by atoms with Crippen molar-refractivity contribution in [3.63, 3.8) is 0 Å². The minimum Gasteiger partial charge on any atom is -0.308 e.